The van der Waals surface area contributed by atoms with E-state index in [0.717, 1.165) is 68.2 Å². The van der Waals surface area contributed by atoms with Gasteiger partial charge in [0, 0.05) is 86.2 Å². The van der Waals surface area contributed by atoms with E-state index in [0.29, 0.717) is 36.0 Å². The van der Waals surface area contributed by atoms with Crippen molar-refractivity contribution in [3.05, 3.63) is 58.1 Å². The van der Waals surface area contributed by atoms with Crippen LogP contribution in [0.15, 0.2) is 36.4 Å². The van der Waals surface area contributed by atoms with Crippen molar-refractivity contribution in [2.24, 2.45) is 23.7 Å². The lowest BCUT2D eigenvalue weighted by Crippen LogP contribution is -2.62. The Morgan fingerprint density at radius 2 is 1.85 bits per heavy atom. The second-order valence-electron chi connectivity index (χ2n) is 17.5. The minimum Gasteiger partial charge on any atom is -0.490 e. The molecular formula is C42H60ClN5O3S. The van der Waals surface area contributed by atoms with E-state index >= 15 is 0 Å². The largest absolute Gasteiger partial charge is 0.490 e. The number of nitrogens with one attached hydrogen (secondary N) is 1. The van der Waals surface area contributed by atoms with Crippen molar-refractivity contribution in [3.63, 3.8) is 0 Å². The van der Waals surface area contributed by atoms with Crippen molar-refractivity contribution >= 4 is 38.8 Å². The third-order valence-corrected chi connectivity index (χ3v) is 16.6. The van der Waals surface area contributed by atoms with Gasteiger partial charge in [-0.05, 0) is 130 Å². The normalized spacial score (nSPS) is 36.4. The summed E-state index contributed by atoms with van der Waals surface area (Å²) in [5.74, 6) is 6.69. The fraction of sp³-hybridized carbons (Fsp3) is 0.667. The number of piperazine rings is 2. The second kappa shape index (κ2) is 14.7. The minimum absolute atomic E-state index is 0.168. The lowest BCUT2D eigenvalue weighted by molar-refractivity contribution is -0.000935. The summed E-state index contributed by atoms with van der Waals surface area (Å²) < 4.78 is 23.7. The number of nitrogens with zero attached hydrogens (tertiary/aromatic N) is 4. The average Bonchev–Trinajstić information content (AvgIpc) is 3.25. The Hall–Kier alpha value is -2.30. The molecule has 2 saturated heterocycles. The van der Waals surface area contributed by atoms with E-state index in [1.807, 2.05) is 31.2 Å². The number of amides is 1. The predicted molar refractivity (Wildman–Crippen MR) is 214 cm³/mol. The van der Waals surface area contributed by atoms with Gasteiger partial charge >= 0.3 is 0 Å². The first-order chi connectivity index (χ1) is 25.0. The maximum atomic E-state index is 14.0. The molecule has 4 heterocycles. The average molecular weight is 750 g/mol. The van der Waals surface area contributed by atoms with Gasteiger partial charge in [-0.15, -0.1) is 0 Å². The molecule has 1 N–H and O–H groups in total. The summed E-state index contributed by atoms with van der Waals surface area (Å²) in [5, 5.41) is 0.566. The quantitative estimate of drug-likeness (QED) is 0.381. The van der Waals surface area contributed by atoms with Crippen LogP contribution in [0.4, 0.5) is 5.69 Å². The lowest BCUT2D eigenvalue weighted by atomic mass is 9.65. The number of ether oxygens (including phenoxy) is 1. The van der Waals surface area contributed by atoms with Gasteiger partial charge in [0.1, 0.15) is 5.75 Å². The van der Waals surface area contributed by atoms with E-state index in [1.165, 1.54) is 69.7 Å². The number of fused-ring (bicyclic) bond motifs is 5. The molecule has 3 fully saturated rings. The summed E-state index contributed by atoms with van der Waals surface area (Å²) in [7, 11) is -0.597. The van der Waals surface area contributed by atoms with Crippen LogP contribution in [0.3, 0.4) is 0 Å². The Bertz CT molecular complexity index is 1750. The molecule has 8 rings (SSSR count). The van der Waals surface area contributed by atoms with Gasteiger partial charge < -0.3 is 19.4 Å². The lowest BCUT2D eigenvalue weighted by Gasteiger charge is -2.50. The Labute approximate surface area is 317 Å². The summed E-state index contributed by atoms with van der Waals surface area (Å²) in [6.45, 7) is 14.8. The summed E-state index contributed by atoms with van der Waals surface area (Å²) in [6, 6.07) is 12.9. The molecular weight excluding hydrogens is 690 g/mol. The molecule has 10 heteroatoms. The highest BCUT2D eigenvalue weighted by Gasteiger charge is 2.45. The molecule has 2 aromatic carbocycles. The number of halogens is 1. The number of carbonyl (C=O) groups is 1. The molecule has 0 radical (unpaired) electrons. The molecule has 2 aliphatic carbocycles. The summed E-state index contributed by atoms with van der Waals surface area (Å²) in [4.78, 5) is 24.4. The number of carbonyl (C=O) groups excluding carboxylic acids is 1. The Kier molecular flexibility index (Phi) is 10.4. The second-order valence-corrected chi connectivity index (χ2v) is 20.4. The molecule has 8 atom stereocenters. The van der Waals surface area contributed by atoms with Crippen LogP contribution >= 0.6 is 11.6 Å². The molecule has 2 aromatic rings. The van der Waals surface area contributed by atoms with Crippen molar-refractivity contribution in [2.75, 3.05) is 77.5 Å². The first-order valence-corrected chi connectivity index (χ1v) is 22.3. The van der Waals surface area contributed by atoms with Crippen LogP contribution in [0, 0.1) is 23.7 Å². The molecule has 4 aliphatic heterocycles. The van der Waals surface area contributed by atoms with Crippen molar-refractivity contribution in [2.45, 2.75) is 81.9 Å². The van der Waals surface area contributed by atoms with E-state index in [1.54, 1.807) is 0 Å². The highest BCUT2D eigenvalue weighted by atomic mass is 35.5. The molecule has 284 valence electrons. The van der Waals surface area contributed by atoms with Crippen molar-refractivity contribution < 1.29 is 13.7 Å². The van der Waals surface area contributed by atoms with Crippen LogP contribution in [0.1, 0.15) is 80.3 Å². The highest BCUT2D eigenvalue weighted by molar-refractivity contribution is 7.99. The van der Waals surface area contributed by atoms with Gasteiger partial charge in [-0.3, -0.25) is 14.4 Å². The molecule has 1 spiro atoms. The minimum atomic E-state index is -2.87. The zero-order chi connectivity index (χ0) is 36.2. The van der Waals surface area contributed by atoms with Crippen molar-refractivity contribution in [1.29, 1.82) is 0 Å². The SMILES string of the molecule is C=S1(=O)NC(=O)c2ccc3c(c2)N(C[C@@H]2CC[C@H]2[C@@H](CN2CCN4CCN(C)C[C@H]4C2)CCC[C@H](C)[C@H]1C)C[C@@]1(CCCc2cc(Cl)ccc21)CO3. The van der Waals surface area contributed by atoms with Gasteiger partial charge in [0.2, 0.25) is 0 Å². The molecule has 0 aromatic heterocycles. The Morgan fingerprint density at radius 3 is 2.67 bits per heavy atom. The third-order valence-electron chi connectivity index (χ3n) is 14.2. The number of rotatable bonds is 2. The fourth-order valence-electron chi connectivity index (χ4n) is 10.7. The van der Waals surface area contributed by atoms with Gasteiger partial charge in [-0.25, -0.2) is 4.21 Å². The van der Waals surface area contributed by atoms with Gasteiger partial charge in [0.05, 0.1) is 22.0 Å². The summed E-state index contributed by atoms with van der Waals surface area (Å²) in [6.07, 6.45) is 9.01. The molecule has 1 amide bonds. The van der Waals surface area contributed by atoms with Crippen molar-refractivity contribution in [3.8, 4) is 5.75 Å². The van der Waals surface area contributed by atoms with E-state index < -0.39 is 9.71 Å². The number of benzene rings is 2. The van der Waals surface area contributed by atoms with E-state index in [4.69, 9.17) is 16.3 Å². The number of likely N-dealkylation sites (N-methyl/N-ethyl adjacent to an activating group) is 1. The molecule has 6 aliphatic rings. The maximum Gasteiger partial charge on any atom is 0.262 e. The van der Waals surface area contributed by atoms with Crippen LogP contribution in [-0.4, -0.2) is 115 Å². The Balaban J connectivity index is 1.13. The number of hydrogen-bond acceptors (Lipinski definition) is 7. The molecule has 1 saturated carbocycles. The fourth-order valence-corrected chi connectivity index (χ4v) is 12.4. The number of aryl methyl sites for hydroxylation is 1. The van der Waals surface area contributed by atoms with Crippen LogP contribution in [-0.2, 0) is 21.5 Å². The van der Waals surface area contributed by atoms with Gasteiger partial charge in [-0.1, -0.05) is 31.0 Å². The van der Waals surface area contributed by atoms with Crippen molar-refractivity contribution in [1.82, 2.24) is 19.4 Å². The standard InChI is InChI=1S/C42H60ClN5O3S/c1-29-7-5-8-33(23-46-18-20-47-19-17-45(3)25-36(47)26-46)37-13-10-34(37)24-48-27-42(16-6-9-31-21-35(43)12-14-38(31)42)28-51-40-15-11-32(22-39(40)48)41(49)44-52(4,50)30(29)2/h11-12,14-15,21-22,29-30,33-34,36-37H,4-10,13,16-20,23-28H2,1-3H3,(H,44,49,50)/t29-,30+,33+,34-,36-,37-,42-,52?/m0/s1. The highest BCUT2D eigenvalue weighted by Crippen LogP contribution is 2.48. The molecule has 8 nitrogen and oxygen atoms in total. The van der Waals surface area contributed by atoms with Crippen LogP contribution in [0.5, 0.6) is 5.75 Å². The Morgan fingerprint density at radius 1 is 1.00 bits per heavy atom. The first kappa shape index (κ1) is 36.7. The van der Waals surface area contributed by atoms with Crippen LogP contribution < -0.4 is 14.4 Å². The van der Waals surface area contributed by atoms with Gasteiger partial charge in [0.15, 0.2) is 0 Å². The smallest absolute Gasteiger partial charge is 0.262 e. The number of hydrogen-bond donors (Lipinski definition) is 1. The van der Waals surface area contributed by atoms with E-state index in [2.05, 4.69) is 56.3 Å². The summed E-state index contributed by atoms with van der Waals surface area (Å²) >= 11 is 6.53. The maximum absolute atomic E-state index is 14.0. The number of anilines is 1. The summed E-state index contributed by atoms with van der Waals surface area (Å²) in [5.41, 5.74) is 4.02. The first-order valence-electron chi connectivity index (χ1n) is 20.1. The molecule has 1 unspecified atom stereocenters. The molecule has 2 bridgehead atoms. The van der Waals surface area contributed by atoms with Gasteiger partial charge in [0.25, 0.3) is 5.91 Å². The van der Waals surface area contributed by atoms with E-state index in [9.17, 15) is 9.00 Å². The predicted octanol–water partition coefficient (Wildman–Crippen LogP) is 5.96. The molecule has 52 heavy (non-hydrogen) atoms. The van der Waals surface area contributed by atoms with Crippen LogP contribution in [0.2, 0.25) is 5.02 Å². The van der Waals surface area contributed by atoms with Gasteiger partial charge in [-0.2, -0.15) is 0 Å². The zero-order valence-corrected chi connectivity index (χ0v) is 33.2. The third kappa shape index (κ3) is 7.26. The topological polar surface area (TPSA) is 68.4 Å². The zero-order valence-electron chi connectivity index (χ0n) is 31.7. The van der Waals surface area contributed by atoms with E-state index in [-0.39, 0.29) is 22.5 Å². The monoisotopic (exact) mass is 749 g/mol. The van der Waals surface area contributed by atoms with Crippen LogP contribution in [0.25, 0.3) is 0 Å².